The molecule has 3 rings (SSSR count). The number of benzene rings is 2. The van der Waals surface area contributed by atoms with E-state index in [4.69, 9.17) is 4.42 Å². The van der Waals surface area contributed by atoms with Gasteiger partial charge < -0.3 is 4.42 Å². The third-order valence-corrected chi connectivity index (χ3v) is 2.50. The molecule has 0 saturated heterocycles. The number of hydrogen-bond donors (Lipinski definition) is 0. The van der Waals surface area contributed by atoms with Gasteiger partial charge in [-0.2, -0.15) is 0 Å². The summed E-state index contributed by atoms with van der Waals surface area (Å²) in [7, 11) is 0. The molecule has 0 saturated carbocycles. The number of fused-ring (bicyclic) bond motifs is 1. The quantitative estimate of drug-likeness (QED) is 0.616. The zero-order valence-electron chi connectivity index (χ0n) is 8.35. The molecule has 0 aliphatic heterocycles. The van der Waals surface area contributed by atoms with Gasteiger partial charge in [0, 0.05) is 5.56 Å². The summed E-state index contributed by atoms with van der Waals surface area (Å²) in [5.74, 6) is -0.252. The summed E-state index contributed by atoms with van der Waals surface area (Å²) in [5, 5.41) is 0. The van der Waals surface area contributed by atoms with Crippen molar-refractivity contribution >= 4 is 11.1 Å². The molecule has 0 bridgehead atoms. The Kier molecular flexibility index (Phi) is 1.96. The number of oxazole rings is 1. The summed E-state index contributed by atoms with van der Waals surface area (Å²) < 4.78 is 18.3. The molecule has 3 heteroatoms. The molecular weight excluding hydrogens is 205 g/mol. The summed E-state index contributed by atoms with van der Waals surface area (Å²) in [6, 6.07) is 12.1. The van der Waals surface area contributed by atoms with Gasteiger partial charge in [0.2, 0.25) is 0 Å². The van der Waals surface area contributed by atoms with Gasteiger partial charge in [0.05, 0.1) is 0 Å². The molecule has 0 fully saturated rings. The number of nitrogens with zero attached hydrogens (tertiary/aromatic N) is 1. The van der Waals surface area contributed by atoms with Crippen LogP contribution < -0.4 is 0 Å². The van der Waals surface area contributed by atoms with E-state index in [1.807, 2.05) is 24.3 Å². The Morgan fingerprint density at radius 3 is 2.81 bits per heavy atom. The molecule has 78 valence electrons. The Morgan fingerprint density at radius 2 is 1.94 bits per heavy atom. The van der Waals surface area contributed by atoms with Crippen LogP contribution in [0.1, 0.15) is 0 Å². The van der Waals surface area contributed by atoms with Crippen LogP contribution in [0.3, 0.4) is 0 Å². The van der Waals surface area contributed by atoms with Crippen molar-refractivity contribution in [3.8, 4) is 11.1 Å². The number of para-hydroxylation sites is 1. The minimum atomic E-state index is -0.252. The smallest absolute Gasteiger partial charge is 0.182 e. The second-order valence-electron chi connectivity index (χ2n) is 3.52. The average molecular weight is 213 g/mol. The second kappa shape index (κ2) is 3.45. The van der Waals surface area contributed by atoms with Crippen LogP contribution >= 0.6 is 0 Å². The summed E-state index contributed by atoms with van der Waals surface area (Å²) in [5.41, 5.74) is 3.15. The normalized spacial score (nSPS) is 10.8. The van der Waals surface area contributed by atoms with Gasteiger partial charge in [-0.25, -0.2) is 9.37 Å². The van der Waals surface area contributed by atoms with Crippen molar-refractivity contribution in [1.82, 2.24) is 4.98 Å². The van der Waals surface area contributed by atoms with E-state index in [0.717, 1.165) is 16.6 Å². The third-order valence-electron chi connectivity index (χ3n) is 2.50. The highest BCUT2D eigenvalue weighted by molar-refractivity contribution is 5.90. The maximum atomic E-state index is 13.1. The van der Waals surface area contributed by atoms with Crippen LogP contribution in [0.15, 0.2) is 53.3 Å². The van der Waals surface area contributed by atoms with Crippen molar-refractivity contribution in [3.63, 3.8) is 0 Å². The van der Waals surface area contributed by atoms with Crippen LogP contribution in [-0.4, -0.2) is 4.98 Å². The predicted octanol–water partition coefficient (Wildman–Crippen LogP) is 3.63. The van der Waals surface area contributed by atoms with Gasteiger partial charge in [0.1, 0.15) is 11.3 Å². The lowest BCUT2D eigenvalue weighted by Crippen LogP contribution is -1.81. The zero-order chi connectivity index (χ0) is 11.0. The molecule has 0 aliphatic carbocycles. The summed E-state index contributed by atoms with van der Waals surface area (Å²) in [4.78, 5) is 4.14. The van der Waals surface area contributed by atoms with Gasteiger partial charge in [0.15, 0.2) is 12.0 Å². The minimum absolute atomic E-state index is 0.252. The van der Waals surface area contributed by atoms with Crippen molar-refractivity contribution in [3.05, 3.63) is 54.7 Å². The largest absolute Gasteiger partial charge is 0.443 e. The lowest BCUT2D eigenvalue weighted by molar-refractivity contribution is 0.602. The summed E-state index contributed by atoms with van der Waals surface area (Å²) >= 11 is 0. The van der Waals surface area contributed by atoms with Crippen molar-refractivity contribution in [1.29, 1.82) is 0 Å². The van der Waals surface area contributed by atoms with Crippen molar-refractivity contribution in [2.75, 3.05) is 0 Å². The molecule has 0 atom stereocenters. The molecule has 2 nitrogen and oxygen atoms in total. The van der Waals surface area contributed by atoms with E-state index < -0.39 is 0 Å². The Labute approximate surface area is 91.3 Å². The first-order valence-corrected chi connectivity index (χ1v) is 4.93. The molecule has 0 amide bonds. The third kappa shape index (κ3) is 1.37. The van der Waals surface area contributed by atoms with E-state index in [1.165, 1.54) is 18.5 Å². The van der Waals surface area contributed by atoms with Gasteiger partial charge in [-0.15, -0.1) is 0 Å². The summed E-state index contributed by atoms with van der Waals surface area (Å²) in [6.07, 6.45) is 1.40. The highest BCUT2D eigenvalue weighted by Gasteiger charge is 2.07. The number of hydrogen-bond acceptors (Lipinski definition) is 2. The minimum Gasteiger partial charge on any atom is -0.443 e. The molecule has 3 aromatic rings. The SMILES string of the molecule is Fc1cccc(-c2cccc3ocnc23)c1. The summed E-state index contributed by atoms with van der Waals surface area (Å²) in [6.45, 7) is 0. The van der Waals surface area contributed by atoms with Crippen LogP contribution in [-0.2, 0) is 0 Å². The van der Waals surface area contributed by atoms with Crippen molar-refractivity contribution < 1.29 is 8.81 Å². The van der Waals surface area contributed by atoms with Crippen LogP contribution in [0.4, 0.5) is 4.39 Å². The maximum absolute atomic E-state index is 13.1. The monoisotopic (exact) mass is 213 g/mol. The molecule has 1 heterocycles. The fraction of sp³-hybridized carbons (Fsp3) is 0. The molecule has 1 aromatic heterocycles. The van der Waals surface area contributed by atoms with E-state index in [9.17, 15) is 4.39 Å². The van der Waals surface area contributed by atoms with Gasteiger partial charge >= 0.3 is 0 Å². The van der Waals surface area contributed by atoms with Gasteiger partial charge in [-0.05, 0) is 23.8 Å². The first kappa shape index (κ1) is 9.09. The van der Waals surface area contributed by atoms with E-state index in [1.54, 1.807) is 6.07 Å². The van der Waals surface area contributed by atoms with Gasteiger partial charge in [0.25, 0.3) is 0 Å². The zero-order valence-corrected chi connectivity index (χ0v) is 8.35. The average Bonchev–Trinajstić information content (AvgIpc) is 2.76. The lowest BCUT2D eigenvalue weighted by Gasteiger charge is -2.01. The molecule has 0 unspecified atom stereocenters. The number of rotatable bonds is 1. The Bertz CT molecular complexity index is 645. The molecule has 0 spiro atoms. The second-order valence-corrected chi connectivity index (χ2v) is 3.52. The van der Waals surface area contributed by atoms with Gasteiger partial charge in [-0.1, -0.05) is 24.3 Å². The van der Waals surface area contributed by atoms with E-state index in [2.05, 4.69) is 4.98 Å². The standard InChI is InChI=1S/C13H8FNO/c14-10-4-1-3-9(7-10)11-5-2-6-12-13(11)15-8-16-12/h1-8H. The molecule has 0 N–H and O–H groups in total. The Morgan fingerprint density at radius 1 is 1.06 bits per heavy atom. The van der Waals surface area contributed by atoms with E-state index in [-0.39, 0.29) is 5.82 Å². The first-order chi connectivity index (χ1) is 7.84. The molecule has 0 radical (unpaired) electrons. The van der Waals surface area contributed by atoms with Gasteiger partial charge in [-0.3, -0.25) is 0 Å². The van der Waals surface area contributed by atoms with Crippen molar-refractivity contribution in [2.24, 2.45) is 0 Å². The van der Waals surface area contributed by atoms with Crippen LogP contribution in [0.5, 0.6) is 0 Å². The topological polar surface area (TPSA) is 26.0 Å². The molecule has 2 aromatic carbocycles. The highest BCUT2D eigenvalue weighted by atomic mass is 19.1. The number of halogens is 1. The Hall–Kier alpha value is -2.16. The predicted molar refractivity (Wildman–Crippen MR) is 59.4 cm³/mol. The fourth-order valence-electron chi connectivity index (χ4n) is 1.78. The van der Waals surface area contributed by atoms with Crippen LogP contribution in [0.2, 0.25) is 0 Å². The molecule has 0 aliphatic rings. The van der Waals surface area contributed by atoms with E-state index in [0.29, 0.717) is 5.58 Å². The molecule has 16 heavy (non-hydrogen) atoms. The fourth-order valence-corrected chi connectivity index (χ4v) is 1.78. The van der Waals surface area contributed by atoms with Crippen LogP contribution in [0, 0.1) is 5.82 Å². The highest BCUT2D eigenvalue weighted by Crippen LogP contribution is 2.27. The Balaban J connectivity index is 2.29. The molecular formula is C13H8FNO. The lowest BCUT2D eigenvalue weighted by atomic mass is 10.0. The van der Waals surface area contributed by atoms with Crippen molar-refractivity contribution in [2.45, 2.75) is 0 Å². The first-order valence-electron chi connectivity index (χ1n) is 4.93. The van der Waals surface area contributed by atoms with Crippen LogP contribution in [0.25, 0.3) is 22.2 Å². The maximum Gasteiger partial charge on any atom is 0.182 e. The van der Waals surface area contributed by atoms with E-state index >= 15 is 0 Å². The number of aromatic nitrogens is 1.